The van der Waals surface area contributed by atoms with Crippen LogP contribution in [0.5, 0.6) is 0 Å². The maximum Gasteiger partial charge on any atom is 0.216 e. The van der Waals surface area contributed by atoms with Gasteiger partial charge < -0.3 is 0 Å². The van der Waals surface area contributed by atoms with Gasteiger partial charge in [-0.3, -0.25) is 0 Å². The van der Waals surface area contributed by atoms with Crippen LogP contribution in [0.4, 0.5) is 0 Å². The second kappa shape index (κ2) is 3.34. The van der Waals surface area contributed by atoms with E-state index in [4.69, 9.17) is 16.7 Å². The monoisotopic (exact) mass is 207 g/mol. The van der Waals surface area contributed by atoms with Gasteiger partial charge in [0.1, 0.15) is 16.7 Å². The maximum atomic E-state index is 10.6. The predicted octanol–water partition coefficient (Wildman–Crippen LogP) is -0.0815. The van der Waals surface area contributed by atoms with E-state index in [0.29, 0.717) is 0 Å². The summed E-state index contributed by atoms with van der Waals surface area (Å²) in [4.78, 5) is 7.32. The van der Waals surface area contributed by atoms with Crippen LogP contribution in [-0.4, -0.2) is 18.4 Å². The molecule has 2 N–H and O–H groups in total. The van der Waals surface area contributed by atoms with Gasteiger partial charge >= 0.3 is 0 Å². The molecular formula is C5H6ClN3O2S. The first-order chi connectivity index (χ1) is 5.47. The fourth-order valence-electron chi connectivity index (χ4n) is 0.624. The lowest BCUT2D eigenvalue weighted by Crippen LogP contribution is -2.16. The molecular weight excluding hydrogens is 202 g/mol. The Morgan fingerprint density at radius 2 is 2.25 bits per heavy atom. The zero-order chi connectivity index (χ0) is 9.19. The fourth-order valence-corrected chi connectivity index (χ4v) is 1.28. The number of nitrogens with zero attached hydrogens (tertiary/aromatic N) is 2. The SMILES string of the molecule is NS(=O)(=O)Cc1nccc(Cl)n1. The van der Waals surface area contributed by atoms with Crippen LogP contribution in [0, 0.1) is 0 Å². The van der Waals surface area contributed by atoms with E-state index in [2.05, 4.69) is 9.97 Å². The summed E-state index contributed by atoms with van der Waals surface area (Å²) in [6, 6.07) is 1.45. The van der Waals surface area contributed by atoms with Crippen molar-refractivity contribution >= 4 is 21.6 Å². The summed E-state index contributed by atoms with van der Waals surface area (Å²) in [7, 11) is -3.58. The minimum Gasteiger partial charge on any atom is -0.240 e. The molecule has 5 nitrogen and oxygen atoms in total. The standard InChI is InChI=1S/C5H6ClN3O2S/c6-4-1-2-8-5(9-4)3-12(7,10)11/h1-2H,3H2,(H2,7,10,11). The van der Waals surface area contributed by atoms with E-state index in [1.54, 1.807) is 0 Å². The average Bonchev–Trinajstić information content (AvgIpc) is 1.82. The van der Waals surface area contributed by atoms with Crippen molar-refractivity contribution in [1.82, 2.24) is 9.97 Å². The van der Waals surface area contributed by atoms with E-state index in [9.17, 15) is 8.42 Å². The van der Waals surface area contributed by atoms with Gasteiger partial charge in [-0.1, -0.05) is 11.6 Å². The Bertz CT molecular complexity index is 378. The first-order valence-electron chi connectivity index (χ1n) is 2.95. The van der Waals surface area contributed by atoms with Gasteiger partial charge in [-0.15, -0.1) is 0 Å². The Kier molecular flexibility index (Phi) is 2.61. The number of hydrogen-bond donors (Lipinski definition) is 1. The molecule has 1 rings (SSSR count). The summed E-state index contributed by atoms with van der Waals surface area (Å²) < 4.78 is 21.1. The maximum absolute atomic E-state index is 10.6. The quantitative estimate of drug-likeness (QED) is 0.688. The normalized spacial score (nSPS) is 11.5. The molecule has 0 aromatic carbocycles. The van der Waals surface area contributed by atoms with Crippen molar-refractivity contribution in [1.29, 1.82) is 0 Å². The number of hydrogen-bond acceptors (Lipinski definition) is 4. The molecule has 0 saturated heterocycles. The van der Waals surface area contributed by atoms with Crippen molar-refractivity contribution in [3.05, 3.63) is 23.2 Å². The van der Waals surface area contributed by atoms with Gasteiger partial charge in [-0.05, 0) is 6.07 Å². The molecule has 1 aromatic heterocycles. The van der Waals surface area contributed by atoms with Crippen LogP contribution in [0.2, 0.25) is 5.15 Å². The van der Waals surface area contributed by atoms with Gasteiger partial charge in [0.15, 0.2) is 0 Å². The number of nitrogens with two attached hydrogens (primary N) is 1. The molecule has 1 aromatic rings. The number of aromatic nitrogens is 2. The second-order valence-corrected chi connectivity index (χ2v) is 4.10. The Balaban J connectivity index is 2.91. The van der Waals surface area contributed by atoms with Gasteiger partial charge in [-0.2, -0.15) is 0 Å². The van der Waals surface area contributed by atoms with Gasteiger partial charge in [0.2, 0.25) is 10.0 Å². The lowest BCUT2D eigenvalue weighted by molar-refractivity contribution is 0.595. The zero-order valence-electron chi connectivity index (χ0n) is 5.94. The van der Waals surface area contributed by atoms with Gasteiger partial charge in [0.25, 0.3) is 0 Å². The highest BCUT2D eigenvalue weighted by molar-refractivity contribution is 7.88. The summed E-state index contributed by atoms with van der Waals surface area (Å²) in [6.07, 6.45) is 1.37. The third kappa shape index (κ3) is 3.12. The summed E-state index contributed by atoms with van der Waals surface area (Å²) >= 11 is 5.49. The van der Waals surface area contributed by atoms with Crippen molar-refractivity contribution in [2.24, 2.45) is 5.14 Å². The van der Waals surface area contributed by atoms with Gasteiger partial charge in [0.05, 0.1) is 0 Å². The molecule has 0 unspecified atom stereocenters. The smallest absolute Gasteiger partial charge is 0.216 e. The molecule has 0 fully saturated rings. The van der Waals surface area contributed by atoms with Gasteiger partial charge in [0, 0.05) is 6.20 Å². The first kappa shape index (κ1) is 9.37. The van der Waals surface area contributed by atoms with Crippen molar-refractivity contribution in [2.45, 2.75) is 5.75 Å². The van der Waals surface area contributed by atoms with Crippen LogP contribution in [-0.2, 0) is 15.8 Å². The van der Waals surface area contributed by atoms with E-state index in [1.165, 1.54) is 12.3 Å². The van der Waals surface area contributed by atoms with Crippen LogP contribution in [0.1, 0.15) is 5.82 Å². The van der Waals surface area contributed by atoms with Crippen molar-refractivity contribution in [2.75, 3.05) is 0 Å². The molecule has 0 aliphatic carbocycles. The largest absolute Gasteiger partial charge is 0.240 e. The molecule has 7 heteroatoms. The Hall–Kier alpha value is -0.720. The van der Waals surface area contributed by atoms with Crippen LogP contribution in [0.15, 0.2) is 12.3 Å². The molecule has 1 heterocycles. The lowest BCUT2D eigenvalue weighted by atomic mass is 10.6. The minimum absolute atomic E-state index is 0.102. The van der Waals surface area contributed by atoms with E-state index in [1.807, 2.05) is 0 Å². The summed E-state index contributed by atoms with van der Waals surface area (Å²) in [5, 5.41) is 4.96. The molecule has 12 heavy (non-hydrogen) atoms. The topological polar surface area (TPSA) is 85.9 Å². The Labute approximate surface area is 74.6 Å². The highest BCUT2D eigenvalue weighted by Crippen LogP contribution is 2.03. The zero-order valence-corrected chi connectivity index (χ0v) is 7.51. The molecule has 0 aliphatic rings. The highest BCUT2D eigenvalue weighted by Gasteiger charge is 2.07. The molecule has 0 bridgehead atoms. The van der Waals surface area contributed by atoms with E-state index in [-0.39, 0.29) is 11.0 Å². The summed E-state index contributed by atoms with van der Waals surface area (Å²) in [5.74, 6) is -0.293. The third-order valence-electron chi connectivity index (χ3n) is 1.00. The fraction of sp³-hybridized carbons (Fsp3) is 0.200. The van der Waals surface area contributed by atoms with Crippen molar-refractivity contribution < 1.29 is 8.42 Å². The second-order valence-electron chi connectivity index (χ2n) is 2.10. The van der Waals surface area contributed by atoms with Gasteiger partial charge in [-0.25, -0.2) is 23.5 Å². The Morgan fingerprint density at radius 1 is 1.58 bits per heavy atom. The molecule has 0 amide bonds. The van der Waals surface area contributed by atoms with Crippen LogP contribution in [0.3, 0.4) is 0 Å². The van der Waals surface area contributed by atoms with E-state index in [0.717, 1.165) is 0 Å². The van der Waals surface area contributed by atoms with Crippen LogP contribution < -0.4 is 5.14 Å². The molecule has 0 spiro atoms. The number of halogens is 1. The molecule has 0 atom stereocenters. The number of sulfonamides is 1. The molecule has 0 aliphatic heterocycles. The first-order valence-corrected chi connectivity index (χ1v) is 5.04. The Morgan fingerprint density at radius 3 is 2.75 bits per heavy atom. The summed E-state index contributed by atoms with van der Waals surface area (Å²) in [5.41, 5.74) is 0. The van der Waals surface area contributed by atoms with Crippen LogP contribution in [0.25, 0.3) is 0 Å². The minimum atomic E-state index is -3.58. The van der Waals surface area contributed by atoms with Crippen molar-refractivity contribution in [3.8, 4) is 0 Å². The third-order valence-corrected chi connectivity index (χ3v) is 1.87. The average molecular weight is 208 g/mol. The molecule has 0 radical (unpaired) electrons. The predicted molar refractivity (Wildman–Crippen MR) is 43.9 cm³/mol. The van der Waals surface area contributed by atoms with E-state index < -0.39 is 15.8 Å². The highest BCUT2D eigenvalue weighted by atomic mass is 35.5. The van der Waals surface area contributed by atoms with E-state index >= 15 is 0 Å². The number of primary sulfonamides is 1. The van der Waals surface area contributed by atoms with Crippen molar-refractivity contribution in [3.63, 3.8) is 0 Å². The van der Waals surface area contributed by atoms with Crippen LogP contribution >= 0.6 is 11.6 Å². The molecule has 66 valence electrons. The lowest BCUT2D eigenvalue weighted by Gasteiger charge is -1.96. The summed E-state index contributed by atoms with van der Waals surface area (Å²) in [6.45, 7) is 0. The molecule has 0 saturated carbocycles. The number of rotatable bonds is 2.